The lowest BCUT2D eigenvalue weighted by molar-refractivity contribution is -0.00494. The smallest absolute Gasteiger partial charge is 0.198 e. The normalized spacial score (nSPS) is 25.0. The van der Waals surface area contributed by atoms with Crippen molar-refractivity contribution in [2.75, 3.05) is 0 Å². The van der Waals surface area contributed by atoms with Crippen LogP contribution in [0.25, 0.3) is 50.1 Å². The van der Waals surface area contributed by atoms with Gasteiger partial charge < -0.3 is 0 Å². The van der Waals surface area contributed by atoms with Gasteiger partial charge in [-0.05, 0) is 95.6 Å². The van der Waals surface area contributed by atoms with Crippen LogP contribution in [0.2, 0.25) is 0 Å². The third-order valence-corrected chi connectivity index (χ3v) is 11.5. The highest BCUT2D eigenvalue weighted by Crippen LogP contribution is 2.63. The summed E-state index contributed by atoms with van der Waals surface area (Å²) in [5, 5.41) is 0. The lowest BCUT2D eigenvalue weighted by Gasteiger charge is -2.57. The Labute approximate surface area is 265 Å². The Balaban J connectivity index is 1.20. The molecule has 0 N–H and O–H groups in total. The van der Waals surface area contributed by atoms with Crippen LogP contribution in [0, 0.1) is 24.3 Å². The Hall–Kier alpha value is -4.62. The molecule has 1 aromatic heterocycles. The first kappa shape index (κ1) is 26.8. The van der Waals surface area contributed by atoms with Crippen molar-refractivity contribution in [1.29, 1.82) is 0 Å². The van der Waals surface area contributed by atoms with Crippen LogP contribution in [-0.4, -0.2) is 15.0 Å². The first-order chi connectivity index (χ1) is 21.9. The summed E-state index contributed by atoms with van der Waals surface area (Å²) in [6.07, 6.45) is 8.47. The molecule has 45 heavy (non-hydrogen) atoms. The average molecular weight is 585 g/mol. The van der Waals surface area contributed by atoms with E-state index in [9.17, 15) is 0 Å². The molecule has 0 radical (unpaired) electrons. The summed E-state index contributed by atoms with van der Waals surface area (Å²) >= 11 is 0. The summed E-state index contributed by atoms with van der Waals surface area (Å²) in [4.78, 5) is 18.7. The van der Waals surface area contributed by atoms with Gasteiger partial charge in [0, 0.05) is 22.1 Å². The van der Waals surface area contributed by atoms with E-state index in [1.54, 1.807) is 5.56 Å². The lowest BCUT2D eigenvalue weighted by atomic mass is 9.47. The highest BCUT2D eigenvalue weighted by Gasteiger charge is 2.53. The Morgan fingerprint density at radius 1 is 0.600 bits per heavy atom. The first-order valence-corrected chi connectivity index (χ1v) is 16.5. The topological polar surface area (TPSA) is 43.0 Å². The first-order valence-electron chi connectivity index (χ1n) is 16.5. The number of rotatable bonds is 4. The fraction of sp³-hybridized carbons (Fsp3) is 0.317. The third kappa shape index (κ3) is 4.06. The molecule has 0 unspecified atom stereocenters. The summed E-state index contributed by atoms with van der Waals surface area (Å²) in [6.45, 7) is 12.5. The fourth-order valence-electron chi connectivity index (χ4n) is 9.91. The van der Waals surface area contributed by atoms with E-state index in [1.165, 1.54) is 60.8 Å². The van der Waals surface area contributed by atoms with Crippen LogP contribution in [0.4, 0.5) is 5.69 Å². The summed E-state index contributed by atoms with van der Waals surface area (Å²) < 4.78 is 0. The van der Waals surface area contributed by atoms with Crippen LogP contribution < -0.4 is 0 Å². The molecule has 5 aromatic rings. The third-order valence-electron chi connectivity index (χ3n) is 11.5. The molecular weight excluding hydrogens is 548 g/mol. The van der Waals surface area contributed by atoms with E-state index >= 15 is 0 Å². The molecule has 4 bridgehead atoms. The van der Waals surface area contributed by atoms with Gasteiger partial charge in [0.1, 0.15) is 0 Å². The molecule has 10 rings (SSSR count). The maximum Gasteiger partial charge on any atom is 0.198 e. The molecule has 1 heterocycles. The zero-order valence-corrected chi connectivity index (χ0v) is 25.9. The number of fused-ring (bicyclic) bond motifs is 3. The number of hydrogen-bond donors (Lipinski definition) is 0. The predicted molar refractivity (Wildman–Crippen MR) is 180 cm³/mol. The van der Waals surface area contributed by atoms with Crippen molar-refractivity contribution in [2.45, 2.75) is 63.2 Å². The van der Waals surface area contributed by atoms with Crippen LogP contribution >= 0.6 is 0 Å². The highest BCUT2D eigenvalue weighted by molar-refractivity contribution is 5.86. The van der Waals surface area contributed by atoms with Crippen molar-refractivity contribution in [1.82, 2.24) is 15.0 Å². The van der Waals surface area contributed by atoms with E-state index < -0.39 is 0 Å². The quantitative estimate of drug-likeness (QED) is 0.197. The fourth-order valence-corrected chi connectivity index (χ4v) is 9.91. The predicted octanol–water partition coefficient (Wildman–Crippen LogP) is 10.2. The molecule has 0 saturated heterocycles. The van der Waals surface area contributed by atoms with E-state index in [0.29, 0.717) is 28.6 Å². The number of hydrogen-bond acceptors (Lipinski definition) is 3. The van der Waals surface area contributed by atoms with Crippen molar-refractivity contribution in [3.63, 3.8) is 0 Å². The van der Waals surface area contributed by atoms with Gasteiger partial charge in [-0.2, -0.15) is 0 Å². The van der Waals surface area contributed by atoms with Crippen molar-refractivity contribution in [3.8, 4) is 45.3 Å². The zero-order chi connectivity index (χ0) is 30.3. The van der Waals surface area contributed by atoms with Crippen LogP contribution in [-0.2, 0) is 10.8 Å². The van der Waals surface area contributed by atoms with Crippen molar-refractivity contribution >= 4 is 5.69 Å². The maximum atomic E-state index is 7.76. The minimum atomic E-state index is -0.131. The number of para-hydroxylation sites is 1. The Morgan fingerprint density at radius 2 is 1.22 bits per heavy atom. The molecule has 0 amide bonds. The van der Waals surface area contributed by atoms with Crippen LogP contribution in [0.5, 0.6) is 0 Å². The van der Waals surface area contributed by atoms with Gasteiger partial charge in [-0.15, -0.1) is 0 Å². The molecule has 5 aliphatic rings. The molecular formula is C41H36N4. The molecule has 4 aromatic carbocycles. The number of nitrogens with zero attached hydrogens (tertiary/aromatic N) is 4. The summed E-state index contributed by atoms with van der Waals surface area (Å²) in [7, 11) is 0. The number of benzene rings is 4. The van der Waals surface area contributed by atoms with Gasteiger partial charge in [-0.3, -0.25) is 0 Å². The van der Waals surface area contributed by atoms with Crippen LogP contribution in [0.3, 0.4) is 0 Å². The van der Waals surface area contributed by atoms with E-state index in [0.717, 1.165) is 34.4 Å². The van der Waals surface area contributed by atoms with E-state index in [2.05, 4.69) is 55.1 Å². The molecule has 4 saturated carbocycles. The monoisotopic (exact) mass is 584 g/mol. The van der Waals surface area contributed by atoms with E-state index in [1.807, 2.05) is 54.6 Å². The van der Waals surface area contributed by atoms with Gasteiger partial charge in [-0.25, -0.2) is 19.8 Å². The van der Waals surface area contributed by atoms with Crippen molar-refractivity contribution in [3.05, 3.63) is 119 Å². The molecule has 4 heteroatoms. The van der Waals surface area contributed by atoms with Crippen LogP contribution in [0.15, 0.2) is 91.0 Å². The molecule has 0 aliphatic heterocycles. The Morgan fingerprint density at radius 3 is 1.93 bits per heavy atom. The second-order valence-electron chi connectivity index (χ2n) is 14.6. The minimum absolute atomic E-state index is 0.131. The molecule has 4 nitrogen and oxygen atoms in total. The molecule has 220 valence electrons. The van der Waals surface area contributed by atoms with E-state index in [4.69, 9.17) is 21.5 Å². The SMILES string of the molecule is [C-]#[N+]c1ccccc1-c1nc(-c2ccccc2)nc(-c2ccc3c(c2)C(C)(C)c2cccc(C45CC6CC(CC(C6)C4)C5)c2-3)n1. The average Bonchev–Trinajstić information content (AvgIpc) is 3.30. The molecule has 5 aliphatic carbocycles. The van der Waals surface area contributed by atoms with Crippen molar-refractivity contribution < 1.29 is 0 Å². The molecule has 4 fully saturated rings. The second kappa shape index (κ2) is 9.69. The Kier molecular flexibility index (Phi) is 5.76. The molecule has 0 atom stereocenters. The standard InChI is InChI=1S/C41H36N4/c1-40(2)32-13-9-14-33(41-22-25-18-26(23-41)20-27(19-25)24-41)36(32)30-17-16-29(21-34(30)40)38-43-37(28-10-5-4-6-11-28)44-39(45-38)31-12-7-8-15-35(31)42-3/h4-17,21,25-27H,18-20,22-24H2,1-2H3. The van der Waals surface area contributed by atoms with Gasteiger partial charge in [-0.1, -0.05) is 98.8 Å². The van der Waals surface area contributed by atoms with E-state index in [-0.39, 0.29) is 5.41 Å². The van der Waals surface area contributed by atoms with Crippen LogP contribution in [0.1, 0.15) is 69.1 Å². The summed E-state index contributed by atoms with van der Waals surface area (Å²) in [5.74, 6) is 4.50. The number of aromatic nitrogens is 3. The van der Waals surface area contributed by atoms with Gasteiger partial charge in [0.15, 0.2) is 23.2 Å². The summed E-state index contributed by atoms with van der Waals surface area (Å²) in [6, 6.07) is 31.7. The Bertz CT molecular complexity index is 2000. The minimum Gasteiger partial charge on any atom is -0.237 e. The zero-order valence-electron chi connectivity index (χ0n) is 25.9. The molecule has 0 spiro atoms. The lowest BCUT2D eigenvalue weighted by Crippen LogP contribution is -2.48. The second-order valence-corrected chi connectivity index (χ2v) is 14.6. The largest absolute Gasteiger partial charge is 0.237 e. The van der Waals surface area contributed by atoms with Gasteiger partial charge in [0.2, 0.25) is 0 Å². The van der Waals surface area contributed by atoms with Gasteiger partial charge >= 0.3 is 0 Å². The van der Waals surface area contributed by atoms with Gasteiger partial charge in [0.25, 0.3) is 0 Å². The van der Waals surface area contributed by atoms with Crippen molar-refractivity contribution in [2.24, 2.45) is 17.8 Å². The highest BCUT2D eigenvalue weighted by atomic mass is 15.0. The van der Waals surface area contributed by atoms with Gasteiger partial charge in [0.05, 0.1) is 6.57 Å². The maximum absolute atomic E-state index is 7.76. The summed E-state index contributed by atoms with van der Waals surface area (Å²) in [5.41, 5.74) is 10.7.